The molecule has 0 fully saturated rings. The Morgan fingerprint density at radius 1 is 1.00 bits per heavy atom. The van der Waals surface area contributed by atoms with Gasteiger partial charge in [0.2, 0.25) is 0 Å². The SMILES string of the molecule is CCOC(=O)c1ccc(-c2cc(Cl)cc(Cl)c2)cc1. The molecule has 0 unspecified atom stereocenters. The number of carbonyl (C=O) groups excluding carboxylic acids is 1. The van der Waals surface area contributed by atoms with Crippen molar-refractivity contribution in [3.05, 3.63) is 58.1 Å². The molecular formula is C15H12Cl2O2. The van der Waals surface area contributed by atoms with E-state index in [1.807, 2.05) is 24.3 Å². The molecule has 0 aliphatic heterocycles. The normalized spacial score (nSPS) is 10.3. The Labute approximate surface area is 121 Å². The lowest BCUT2D eigenvalue weighted by Gasteiger charge is -2.05. The van der Waals surface area contributed by atoms with Gasteiger partial charge in [0.25, 0.3) is 0 Å². The monoisotopic (exact) mass is 294 g/mol. The van der Waals surface area contributed by atoms with Crippen LogP contribution < -0.4 is 0 Å². The molecule has 0 radical (unpaired) electrons. The molecule has 4 heteroatoms. The summed E-state index contributed by atoms with van der Waals surface area (Å²) in [4.78, 5) is 11.5. The first kappa shape index (κ1) is 13.9. The van der Waals surface area contributed by atoms with Crippen LogP contribution >= 0.6 is 23.2 Å². The van der Waals surface area contributed by atoms with Crippen molar-refractivity contribution in [1.82, 2.24) is 0 Å². The predicted octanol–water partition coefficient (Wildman–Crippen LogP) is 4.84. The van der Waals surface area contributed by atoms with E-state index in [4.69, 9.17) is 27.9 Å². The average molecular weight is 295 g/mol. The zero-order chi connectivity index (χ0) is 13.8. The summed E-state index contributed by atoms with van der Waals surface area (Å²) in [6, 6.07) is 12.5. The lowest BCUT2D eigenvalue weighted by atomic mass is 10.0. The van der Waals surface area contributed by atoms with Gasteiger partial charge in [-0.3, -0.25) is 0 Å². The van der Waals surface area contributed by atoms with Crippen LogP contribution in [0, 0.1) is 0 Å². The molecule has 0 bridgehead atoms. The van der Waals surface area contributed by atoms with Gasteiger partial charge in [0.05, 0.1) is 12.2 Å². The van der Waals surface area contributed by atoms with Crippen LogP contribution in [0.1, 0.15) is 17.3 Å². The van der Waals surface area contributed by atoms with Crippen LogP contribution in [0.3, 0.4) is 0 Å². The zero-order valence-corrected chi connectivity index (χ0v) is 11.8. The lowest BCUT2D eigenvalue weighted by Crippen LogP contribution is -2.03. The van der Waals surface area contributed by atoms with Gasteiger partial charge in [0.1, 0.15) is 0 Å². The van der Waals surface area contributed by atoms with Crippen LogP contribution in [0.4, 0.5) is 0 Å². The summed E-state index contributed by atoms with van der Waals surface area (Å²) in [6.07, 6.45) is 0. The summed E-state index contributed by atoms with van der Waals surface area (Å²) in [6.45, 7) is 2.14. The largest absolute Gasteiger partial charge is 0.462 e. The van der Waals surface area contributed by atoms with Gasteiger partial charge in [-0.05, 0) is 48.4 Å². The van der Waals surface area contributed by atoms with Gasteiger partial charge < -0.3 is 4.74 Å². The number of benzene rings is 2. The second-order valence-corrected chi connectivity index (χ2v) is 4.83. The van der Waals surface area contributed by atoms with E-state index in [0.29, 0.717) is 22.2 Å². The van der Waals surface area contributed by atoms with Crippen molar-refractivity contribution in [3.8, 4) is 11.1 Å². The second-order valence-electron chi connectivity index (χ2n) is 3.96. The van der Waals surface area contributed by atoms with Crippen LogP contribution in [0.15, 0.2) is 42.5 Å². The summed E-state index contributed by atoms with van der Waals surface area (Å²) < 4.78 is 4.93. The summed E-state index contributed by atoms with van der Waals surface area (Å²) in [5.74, 6) is -0.321. The number of rotatable bonds is 3. The second kappa shape index (κ2) is 6.09. The fraction of sp³-hybridized carbons (Fsp3) is 0.133. The number of hydrogen-bond donors (Lipinski definition) is 0. The number of carbonyl (C=O) groups is 1. The van der Waals surface area contributed by atoms with Gasteiger partial charge in [-0.2, -0.15) is 0 Å². The molecule has 2 aromatic carbocycles. The molecule has 0 aliphatic rings. The molecule has 0 atom stereocenters. The van der Waals surface area contributed by atoms with Crippen LogP contribution in [0.5, 0.6) is 0 Å². The van der Waals surface area contributed by atoms with Crippen LogP contribution in [0.2, 0.25) is 10.0 Å². The van der Waals surface area contributed by atoms with Crippen LogP contribution in [-0.4, -0.2) is 12.6 Å². The Kier molecular flexibility index (Phi) is 4.46. The van der Waals surface area contributed by atoms with E-state index in [1.54, 1.807) is 25.1 Å². The Balaban J connectivity index is 2.29. The topological polar surface area (TPSA) is 26.3 Å². The fourth-order valence-electron chi connectivity index (χ4n) is 1.73. The van der Waals surface area contributed by atoms with Crippen molar-refractivity contribution in [3.63, 3.8) is 0 Å². The summed E-state index contributed by atoms with van der Waals surface area (Å²) in [5, 5.41) is 1.16. The van der Waals surface area contributed by atoms with E-state index in [-0.39, 0.29) is 5.97 Å². The van der Waals surface area contributed by atoms with Crippen LogP contribution in [-0.2, 0) is 4.74 Å². The number of halogens is 2. The van der Waals surface area contributed by atoms with Crippen molar-refractivity contribution in [2.75, 3.05) is 6.61 Å². The molecule has 0 saturated carbocycles. The first-order chi connectivity index (χ1) is 9.10. The first-order valence-corrected chi connectivity index (χ1v) is 6.59. The number of esters is 1. The van der Waals surface area contributed by atoms with E-state index >= 15 is 0 Å². The van der Waals surface area contributed by atoms with E-state index in [1.165, 1.54) is 0 Å². The van der Waals surface area contributed by atoms with Crippen molar-refractivity contribution < 1.29 is 9.53 Å². The Morgan fingerprint density at radius 3 is 2.11 bits per heavy atom. The molecular weight excluding hydrogens is 283 g/mol. The van der Waals surface area contributed by atoms with Gasteiger partial charge in [-0.15, -0.1) is 0 Å². The lowest BCUT2D eigenvalue weighted by molar-refractivity contribution is 0.0526. The summed E-state index contributed by atoms with van der Waals surface area (Å²) in [7, 11) is 0. The standard InChI is InChI=1S/C15H12Cl2O2/c1-2-19-15(18)11-5-3-10(4-6-11)12-7-13(16)9-14(17)8-12/h3-9H,2H2,1H3. The van der Waals surface area contributed by atoms with Gasteiger partial charge in [-0.1, -0.05) is 35.3 Å². The molecule has 0 spiro atoms. The third-order valence-corrected chi connectivity index (χ3v) is 3.03. The Bertz CT molecular complexity index is 571. The first-order valence-electron chi connectivity index (χ1n) is 5.84. The van der Waals surface area contributed by atoms with Crippen molar-refractivity contribution >= 4 is 29.2 Å². The predicted molar refractivity (Wildman–Crippen MR) is 77.9 cm³/mol. The van der Waals surface area contributed by atoms with Crippen molar-refractivity contribution in [2.45, 2.75) is 6.92 Å². The van der Waals surface area contributed by atoms with Gasteiger partial charge in [0.15, 0.2) is 0 Å². The average Bonchev–Trinajstić information content (AvgIpc) is 2.38. The molecule has 0 N–H and O–H groups in total. The third-order valence-electron chi connectivity index (χ3n) is 2.59. The zero-order valence-electron chi connectivity index (χ0n) is 10.3. The minimum Gasteiger partial charge on any atom is -0.462 e. The highest BCUT2D eigenvalue weighted by atomic mass is 35.5. The summed E-state index contributed by atoms with van der Waals surface area (Å²) in [5.41, 5.74) is 2.38. The Morgan fingerprint density at radius 2 is 1.58 bits per heavy atom. The number of ether oxygens (including phenoxy) is 1. The van der Waals surface area contributed by atoms with Crippen molar-refractivity contribution in [2.24, 2.45) is 0 Å². The molecule has 0 saturated heterocycles. The highest BCUT2D eigenvalue weighted by molar-refractivity contribution is 6.35. The fourth-order valence-corrected chi connectivity index (χ4v) is 2.26. The molecule has 0 heterocycles. The van der Waals surface area contributed by atoms with E-state index in [2.05, 4.69) is 0 Å². The van der Waals surface area contributed by atoms with E-state index in [9.17, 15) is 4.79 Å². The molecule has 0 amide bonds. The number of hydrogen-bond acceptors (Lipinski definition) is 2. The van der Waals surface area contributed by atoms with Gasteiger partial charge >= 0.3 is 5.97 Å². The molecule has 19 heavy (non-hydrogen) atoms. The highest BCUT2D eigenvalue weighted by Crippen LogP contribution is 2.27. The molecule has 98 valence electrons. The summed E-state index contributed by atoms with van der Waals surface area (Å²) >= 11 is 11.9. The van der Waals surface area contributed by atoms with Crippen molar-refractivity contribution in [1.29, 1.82) is 0 Å². The minimum absolute atomic E-state index is 0.321. The highest BCUT2D eigenvalue weighted by Gasteiger charge is 2.07. The molecule has 0 aliphatic carbocycles. The van der Waals surface area contributed by atoms with E-state index < -0.39 is 0 Å². The molecule has 2 aromatic rings. The minimum atomic E-state index is -0.321. The smallest absolute Gasteiger partial charge is 0.338 e. The maximum absolute atomic E-state index is 11.5. The molecule has 2 rings (SSSR count). The quantitative estimate of drug-likeness (QED) is 0.757. The van der Waals surface area contributed by atoms with Gasteiger partial charge in [-0.25, -0.2) is 4.79 Å². The third kappa shape index (κ3) is 3.49. The molecule has 0 aromatic heterocycles. The van der Waals surface area contributed by atoms with Gasteiger partial charge in [0, 0.05) is 10.0 Å². The van der Waals surface area contributed by atoms with E-state index in [0.717, 1.165) is 11.1 Å². The molecule has 2 nitrogen and oxygen atoms in total. The maximum Gasteiger partial charge on any atom is 0.338 e. The maximum atomic E-state index is 11.5. The van der Waals surface area contributed by atoms with Crippen LogP contribution in [0.25, 0.3) is 11.1 Å². The Hall–Kier alpha value is -1.51.